The average Bonchev–Trinajstić information content (AvgIpc) is 2.40. The highest BCUT2D eigenvalue weighted by atomic mass is 19.1. The van der Waals surface area contributed by atoms with E-state index < -0.39 is 12.0 Å². The van der Waals surface area contributed by atoms with E-state index in [9.17, 15) is 9.18 Å². The maximum Gasteiger partial charge on any atom is 0.514 e. The number of hydrogen-bond acceptors (Lipinski definition) is 3. The average molecular weight is 248 g/mol. The van der Waals surface area contributed by atoms with Crippen molar-refractivity contribution in [1.82, 2.24) is 0 Å². The molecule has 0 spiro atoms. The molecule has 0 aliphatic heterocycles. The van der Waals surface area contributed by atoms with Gasteiger partial charge in [0.25, 0.3) is 0 Å². The quantitative estimate of drug-likeness (QED) is 0.605. The highest BCUT2D eigenvalue weighted by Gasteiger charge is 2.23. The Morgan fingerprint density at radius 3 is 2.94 bits per heavy atom. The zero-order chi connectivity index (χ0) is 13.0. The summed E-state index contributed by atoms with van der Waals surface area (Å²) >= 11 is 0. The van der Waals surface area contributed by atoms with Crippen LogP contribution in [0.1, 0.15) is 17.5 Å². The first-order valence-electron chi connectivity index (χ1n) is 5.65. The zero-order valence-corrected chi connectivity index (χ0v) is 9.82. The third-order valence-electron chi connectivity index (χ3n) is 2.63. The lowest BCUT2D eigenvalue weighted by atomic mass is 9.95. The number of hydrogen-bond donors (Lipinski definition) is 0. The van der Waals surface area contributed by atoms with Crippen molar-refractivity contribution in [3.63, 3.8) is 0 Å². The number of rotatable bonds is 3. The van der Waals surface area contributed by atoms with Crippen LogP contribution in [0.2, 0.25) is 0 Å². The van der Waals surface area contributed by atoms with E-state index in [1.54, 1.807) is 12.1 Å². The molecule has 1 aromatic carbocycles. The molecular formula is C14H13FO3. The van der Waals surface area contributed by atoms with Crippen LogP contribution in [0.25, 0.3) is 5.76 Å². The fourth-order valence-corrected chi connectivity index (χ4v) is 1.81. The van der Waals surface area contributed by atoms with Gasteiger partial charge in [-0.2, -0.15) is 0 Å². The number of allylic oxidation sites excluding steroid dienone is 1. The summed E-state index contributed by atoms with van der Waals surface area (Å²) < 4.78 is 23.3. The van der Waals surface area contributed by atoms with E-state index in [-0.39, 0.29) is 18.8 Å². The van der Waals surface area contributed by atoms with Crippen LogP contribution >= 0.6 is 0 Å². The van der Waals surface area contributed by atoms with Crippen molar-refractivity contribution in [3.05, 3.63) is 53.9 Å². The van der Waals surface area contributed by atoms with Crippen molar-refractivity contribution >= 4 is 11.9 Å². The molecule has 1 aliphatic carbocycles. The third-order valence-corrected chi connectivity index (χ3v) is 2.63. The monoisotopic (exact) mass is 248 g/mol. The van der Waals surface area contributed by atoms with Gasteiger partial charge in [-0.25, -0.2) is 9.18 Å². The Morgan fingerprint density at radius 1 is 1.39 bits per heavy atom. The molecule has 0 heterocycles. The van der Waals surface area contributed by atoms with Crippen molar-refractivity contribution in [1.29, 1.82) is 0 Å². The highest BCUT2D eigenvalue weighted by Crippen LogP contribution is 2.32. The standard InChI is InChI=1S/C14H13FO3/c1-2-9-17-14(16)18-13-11-6-4-3-5-10(11)7-8-12(13)15/h2-6H,1,7-9H2. The minimum Gasteiger partial charge on any atom is -0.430 e. The Bertz CT molecular complexity index is 506. The van der Waals surface area contributed by atoms with Crippen molar-refractivity contribution < 1.29 is 18.7 Å². The van der Waals surface area contributed by atoms with Gasteiger partial charge in [0.15, 0.2) is 5.76 Å². The van der Waals surface area contributed by atoms with Gasteiger partial charge in [-0.3, -0.25) is 0 Å². The number of halogens is 1. The minimum absolute atomic E-state index is 0.0362. The van der Waals surface area contributed by atoms with Crippen LogP contribution in [-0.2, 0) is 15.9 Å². The lowest BCUT2D eigenvalue weighted by molar-refractivity contribution is 0.0991. The molecule has 0 fully saturated rings. The summed E-state index contributed by atoms with van der Waals surface area (Å²) in [5.74, 6) is -0.463. The molecular weight excluding hydrogens is 235 g/mol. The van der Waals surface area contributed by atoms with E-state index >= 15 is 0 Å². The summed E-state index contributed by atoms with van der Waals surface area (Å²) in [6, 6.07) is 7.26. The third kappa shape index (κ3) is 2.59. The van der Waals surface area contributed by atoms with Gasteiger partial charge < -0.3 is 9.47 Å². The van der Waals surface area contributed by atoms with Gasteiger partial charge in [0, 0.05) is 12.0 Å². The summed E-state index contributed by atoms with van der Waals surface area (Å²) in [7, 11) is 0. The second kappa shape index (κ2) is 5.49. The highest BCUT2D eigenvalue weighted by molar-refractivity contribution is 5.76. The summed E-state index contributed by atoms with van der Waals surface area (Å²) in [4.78, 5) is 11.3. The molecule has 0 atom stereocenters. The molecule has 0 saturated carbocycles. The molecule has 0 unspecified atom stereocenters. The van der Waals surface area contributed by atoms with Crippen LogP contribution in [0.4, 0.5) is 9.18 Å². The molecule has 18 heavy (non-hydrogen) atoms. The van der Waals surface area contributed by atoms with E-state index in [1.165, 1.54) is 6.08 Å². The minimum atomic E-state index is -0.920. The van der Waals surface area contributed by atoms with Gasteiger partial charge in [-0.15, -0.1) is 0 Å². The molecule has 1 aromatic rings. The van der Waals surface area contributed by atoms with E-state index in [4.69, 9.17) is 4.74 Å². The summed E-state index contributed by atoms with van der Waals surface area (Å²) in [5.41, 5.74) is 1.57. The van der Waals surface area contributed by atoms with Gasteiger partial charge in [-0.1, -0.05) is 36.9 Å². The molecule has 3 nitrogen and oxygen atoms in total. The maximum absolute atomic E-state index is 13.7. The smallest absolute Gasteiger partial charge is 0.430 e. The summed E-state index contributed by atoms with van der Waals surface area (Å²) in [6.45, 7) is 3.45. The molecule has 0 bridgehead atoms. The van der Waals surface area contributed by atoms with E-state index in [2.05, 4.69) is 11.3 Å². The van der Waals surface area contributed by atoms with E-state index in [0.29, 0.717) is 12.0 Å². The van der Waals surface area contributed by atoms with Crippen LogP contribution in [0.3, 0.4) is 0 Å². The fraction of sp³-hybridized carbons (Fsp3) is 0.214. The Labute approximate surface area is 105 Å². The Morgan fingerprint density at radius 2 is 2.17 bits per heavy atom. The van der Waals surface area contributed by atoms with E-state index in [0.717, 1.165) is 5.56 Å². The lowest BCUT2D eigenvalue weighted by Gasteiger charge is -2.18. The first-order valence-corrected chi connectivity index (χ1v) is 5.65. The normalized spacial score (nSPS) is 13.8. The topological polar surface area (TPSA) is 35.5 Å². The van der Waals surface area contributed by atoms with Crippen molar-refractivity contribution in [2.75, 3.05) is 6.61 Å². The molecule has 2 rings (SSSR count). The maximum atomic E-state index is 13.7. The molecule has 0 aromatic heterocycles. The molecule has 1 aliphatic rings. The van der Waals surface area contributed by atoms with Crippen LogP contribution in [-0.4, -0.2) is 12.8 Å². The Hall–Kier alpha value is -2.10. The molecule has 0 radical (unpaired) electrons. The molecule has 4 heteroatoms. The van der Waals surface area contributed by atoms with Crippen LogP contribution in [0, 0.1) is 0 Å². The van der Waals surface area contributed by atoms with Crippen molar-refractivity contribution in [2.45, 2.75) is 12.8 Å². The Kier molecular flexibility index (Phi) is 3.77. The summed E-state index contributed by atoms with van der Waals surface area (Å²) in [5, 5.41) is 0. The lowest BCUT2D eigenvalue weighted by Crippen LogP contribution is -2.11. The predicted octanol–water partition coefficient (Wildman–Crippen LogP) is 3.61. The zero-order valence-electron chi connectivity index (χ0n) is 9.82. The summed E-state index contributed by atoms with van der Waals surface area (Å²) in [6.07, 6.45) is 1.34. The van der Waals surface area contributed by atoms with Crippen LogP contribution in [0.15, 0.2) is 42.7 Å². The molecule has 0 amide bonds. The first kappa shape index (κ1) is 12.4. The first-order chi connectivity index (χ1) is 8.72. The number of carbonyl (C=O) groups excluding carboxylic acids is 1. The van der Waals surface area contributed by atoms with Crippen LogP contribution in [0.5, 0.6) is 0 Å². The SMILES string of the molecule is C=CCOC(=O)OC1=C(F)CCc2ccccc21. The number of benzene rings is 1. The van der Waals surface area contributed by atoms with Gasteiger partial charge in [0.2, 0.25) is 0 Å². The van der Waals surface area contributed by atoms with Crippen molar-refractivity contribution in [3.8, 4) is 0 Å². The van der Waals surface area contributed by atoms with Gasteiger partial charge in [0.1, 0.15) is 12.4 Å². The van der Waals surface area contributed by atoms with Crippen LogP contribution < -0.4 is 0 Å². The number of carbonyl (C=O) groups is 1. The number of fused-ring (bicyclic) bond motifs is 1. The molecule has 0 saturated heterocycles. The second-order valence-corrected chi connectivity index (χ2v) is 3.84. The molecule has 94 valence electrons. The number of aryl methyl sites for hydroxylation is 1. The Balaban J connectivity index is 2.20. The largest absolute Gasteiger partial charge is 0.514 e. The van der Waals surface area contributed by atoms with E-state index in [1.807, 2.05) is 12.1 Å². The second-order valence-electron chi connectivity index (χ2n) is 3.84. The fourth-order valence-electron chi connectivity index (χ4n) is 1.81. The van der Waals surface area contributed by atoms with Gasteiger partial charge >= 0.3 is 6.16 Å². The van der Waals surface area contributed by atoms with Gasteiger partial charge in [0.05, 0.1) is 0 Å². The van der Waals surface area contributed by atoms with Gasteiger partial charge in [-0.05, 0) is 12.0 Å². The molecule has 0 N–H and O–H groups in total. The van der Waals surface area contributed by atoms with Crippen molar-refractivity contribution in [2.24, 2.45) is 0 Å². The number of ether oxygens (including phenoxy) is 2. The predicted molar refractivity (Wildman–Crippen MR) is 65.4 cm³/mol.